The van der Waals surface area contributed by atoms with E-state index in [1.807, 2.05) is 19.9 Å². The number of carbonyl (C=O) groups excluding carboxylic acids is 2. The van der Waals surface area contributed by atoms with Crippen LogP contribution in [-0.2, 0) is 4.79 Å². The topological polar surface area (TPSA) is 79.2 Å². The lowest BCUT2D eigenvalue weighted by Gasteiger charge is -2.36. The molecule has 1 amide bonds. The van der Waals surface area contributed by atoms with Gasteiger partial charge < -0.3 is 10.7 Å². The Morgan fingerprint density at radius 2 is 2.10 bits per heavy atom. The highest BCUT2D eigenvalue weighted by atomic mass is 16.1. The predicted octanol–water partition coefficient (Wildman–Crippen LogP) is 1.40. The van der Waals surface area contributed by atoms with Gasteiger partial charge in [0.05, 0.1) is 12.5 Å². The van der Waals surface area contributed by atoms with Gasteiger partial charge in [0.25, 0.3) is 0 Å². The summed E-state index contributed by atoms with van der Waals surface area (Å²) in [4.78, 5) is 28.9. The number of carbonyl (C=O) groups is 2. The Balaban J connectivity index is 2.06. The number of aromatic amines is 1. The lowest BCUT2D eigenvalue weighted by atomic mass is 9.92. The van der Waals surface area contributed by atoms with Crippen molar-refractivity contribution < 1.29 is 9.59 Å². The van der Waals surface area contributed by atoms with Gasteiger partial charge in [0.2, 0.25) is 5.91 Å². The monoisotopic (exact) mass is 277 g/mol. The number of hydrogen-bond donors (Lipinski definition) is 2. The molecule has 2 unspecified atom stereocenters. The van der Waals surface area contributed by atoms with E-state index in [0.717, 1.165) is 29.8 Å². The fourth-order valence-corrected chi connectivity index (χ4v) is 2.92. The van der Waals surface area contributed by atoms with Crippen molar-refractivity contribution in [2.75, 3.05) is 13.1 Å². The molecule has 3 N–H and O–H groups in total. The van der Waals surface area contributed by atoms with Gasteiger partial charge in [-0.15, -0.1) is 0 Å². The third kappa shape index (κ3) is 3.10. The Hall–Kier alpha value is -1.62. The first kappa shape index (κ1) is 14.8. The molecule has 1 aromatic heterocycles. The van der Waals surface area contributed by atoms with Crippen LogP contribution < -0.4 is 5.73 Å². The Morgan fingerprint density at radius 1 is 1.40 bits per heavy atom. The first-order chi connectivity index (χ1) is 9.38. The summed E-state index contributed by atoms with van der Waals surface area (Å²) in [6.07, 6.45) is 1.73. The largest absolute Gasteiger partial charge is 0.369 e. The maximum atomic E-state index is 12.4. The standard InChI is InChI=1S/C15H23N3O2/c1-9-6-13(11(3)17-9)14(19)8-18-7-12(15(16)20)5-4-10(18)2/h6,10,12,17H,4-5,7-8H2,1-3H3,(H2,16,20). The molecule has 0 aliphatic carbocycles. The Morgan fingerprint density at radius 3 is 2.65 bits per heavy atom. The second-order valence-electron chi connectivity index (χ2n) is 5.87. The number of aromatic nitrogens is 1. The molecule has 0 spiro atoms. The molecular formula is C15H23N3O2. The smallest absolute Gasteiger partial charge is 0.221 e. The maximum absolute atomic E-state index is 12.4. The molecule has 0 bridgehead atoms. The number of piperidine rings is 1. The van der Waals surface area contributed by atoms with E-state index < -0.39 is 0 Å². The fraction of sp³-hybridized carbons (Fsp3) is 0.600. The molecule has 1 aliphatic heterocycles. The average molecular weight is 277 g/mol. The molecule has 0 radical (unpaired) electrons. The fourth-order valence-electron chi connectivity index (χ4n) is 2.92. The molecule has 2 atom stereocenters. The lowest BCUT2D eigenvalue weighted by molar-refractivity contribution is -0.123. The molecule has 1 aliphatic rings. The van der Waals surface area contributed by atoms with Crippen molar-refractivity contribution in [3.63, 3.8) is 0 Å². The Kier molecular flexibility index (Phi) is 4.28. The zero-order valence-corrected chi connectivity index (χ0v) is 12.4. The Bertz CT molecular complexity index is 521. The van der Waals surface area contributed by atoms with Gasteiger partial charge >= 0.3 is 0 Å². The zero-order chi connectivity index (χ0) is 14.9. The van der Waals surface area contributed by atoms with Gasteiger partial charge in [-0.1, -0.05) is 0 Å². The van der Waals surface area contributed by atoms with E-state index in [1.54, 1.807) is 0 Å². The number of nitrogens with two attached hydrogens (primary N) is 1. The second kappa shape index (κ2) is 5.79. The van der Waals surface area contributed by atoms with Crippen LogP contribution in [0.2, 0.25) is 0 Å². The van der Waals surface area contributed by atoms with Crippen LogP contribution in [0.5, 0.6) is 0 Å². The number of likely N-dealkylation sites (tertiary alicyclic amines) is 1. The molecule has 1 saturated heterocycles. The van der Waals surface area contributed by atoms with E-state index in [1.165, 1.54) is 0 Å². The molecule has 20 heavy (non-hydrogen) atoms. The molecule has 2 rings (SSSR count). The van der Waals surface area contributed by atoms with Crippen LogP contribution in [0.15, 0.2) is 6.07 Å². The summed E-state index contributed by atoms with van der Waals surface area (Å²) in [6.45, 7) is 6.88. The van der Waals surface area contributed by atoms with Crippen LogP contribution in [0.1, 0.15) is 41.5 Å². The van der Waals surface area contributed by atoms with Crippen molar-refractivity contribution in [2.24, 2.45) is 11.7 Å². The van der Waals surface area contributed by atoms with Crippen LogP contribution in [-0.4, -0.2) is 40.7 Å². The van der Waals surface area contributed by atoms with E-state index in [2.05, 4.69) is 16.8 Å². The highest BCUT2D eigenvalue weighted by Crippen LogP contribution is 2.22. The van der Waals surface area contributed by atoms with Gasteiger partial charge in [0.1, 0.15) is 0 Å². The quantitative estimate of drug-likeness (QED) is 0.816. The maximum Gasteiger partial charge on any atom is 0.221 e. The summed E-state index contributed by atoms with van der Waals surface area (Å²) in [6, 6.07) is 2.20. The van der Waals surface area contributed by atoms with Crippen molar-refractivity contribution in [3.05, 3.63) is 23.0 Å². The second-order valence-corrected chi connectivity index (χ2v) is 5.87. The highest BCUT2D eigenvalue weighted by molar-refractivity contribution is 5.99. The molecule has 5 heteroatoms. The number of nitrogens with one attached hydrogen (secondary N) is 1. The van der Waals surface area contributed by atoms with Gasteiger partial charge in [-0.2, -0.15) is 0 Å². The van der Waals surface area contributed by atoms with E-state index in [0.29, 0.717) is 19.1 Å². The number of rotatable bonds is 4. The summed E-state index contributed by atoms with van der Waals surface area (Å²) < 4.78 is 0. The molecule has 0 saturated carbocycles. The number of Topliss-reactive ketones (excluding diaryl/α,β-unsaturated/α-hetero) is 1. The number of primary amides is 1. The molecule has 1 aromatic rings. The SMILES string of the molecule is Cc1cc(C(=O)CN2CC(C(N)=O)CCC2C)c(C)[nH]1. The summed E-state index contributed by atoms with van der Waals surface area (Å²) in [5, 5.41) is 0. The van der Waals surface area contributed by atoms with Crippen molar-refractivity contribution in [2.45, 2.75) is 39.7 Å². The normalized spacial score (nSPS) is 23.8. The molecule has 2 heterocycles. The number of aryl methyl sites for hydroxylation is 2. The minimum atomic E-state index is -0.261. The van der Waals surface area contributed by atoms with Crippen molar-refractivity contribution in [1.82, 2.24) is 9.88 Å². The van der Waals surface area contributed by atoms with Gasteiger partial charge in [-0.05, 0) is 39.7 Å². The van der Waals surface area contributed by atoms with E-state index in [4.69, 9.17) is 5.73 Å². The predicted molar refractivity (Wildman–Crippen MR) is 77.6 cm³/mol. The van der Waals surface area contributed by atoms with Crippen LogP contribution in [0, 0.1) is 19.8 Å². The summed E-state index contributed by atoms with van der Waals surface area (Å²) in [7, 11) is 0. The minimum absolute atomic E-state index is 0.101. The summed E-state index contributed by atoms with van der Waals surface area (Å²) in [5.74, 6) is -0.292. The van der Waals surface area contributed by atoms with Crippen LogP contribution >= 0.6 is 0 Å². The molecule has 1 fully saturated rings. The number of nitrogens with zero attached hydrogens (tertiary/aromatic N) is 1. The first-order valence-electron chi connectivity index (χ1n) is 7.11. The van der Waals surface area contributed by atoms with Crippen LogP contribution in [0.3, 0.4) is 0 Å². The van der Waals surface area contributed by atoms with Crippen molar-refractivity contribution in [1.29, 1.82) is 0 Å². The zero-order valence-electron chi connectivity index (χ0n) is 12.4. The van der Waals surface area contributed by atoms with E-state index in [-0.39, 0.29) is 17.6 Å². The summed E-state index contributed by atoms with van der Waals surface area (Å²) >= 11 is 0. The van der Waals surface area contributed by atoms with Gasteiger partial charge in [-0.25, -0.2) is 0 Å². The van der Waals surface area contributed by atoms with Crippen molar-refractivity contribution in [3.8, 4) is 0 Å². The number of H-pyrrole nitrogens is 1. The molecule has 110 valence electrons. The summed E-state index contributed by atoms with van der Waals surface area (Å²) in [5.41, 5.74) is 8.03. The van der Waals surface area contributed by atoms with Gasteiger partial charge in [0.15, 0.2) is 5.78 Å². The Labute approximate surface area is 119 Å². The third-order valence-electron chi connectivity index (χ3n) is 4.21. The van der Waals surface area contributed by atoms with Gasteiger partial charge in [0, 0.05) is 29.5 Å². The average Bonchev–Trinajstić information content (AvgIpc) is 2.71. The van der Waals surface area contributed by atoms with E-state index in [9.17, 15) is 9.59 Å². The lowest BCUT2D eigenvalue weighted by Crippen LogP contribution is -2.47. The number of hydrogen-bond acceptors (Lipinski definition) is 3. The van der Waals surface area contributed by atoms with Crippen molar-refractivity contribution >= 4 is 11.7 Å². The molecule has 0 aromatic carbocycles. The van der Waals surface area contributed by atoms with E-state index >= 15 is 0 Å². The molecular weight excluding hydrogens is 254 g/mol. The van der Waals surface area contributed by atoms with Gasteiger partial charge in [-0.3, -0.25) is 14.5 Å². The number of amides is 1. The highest BCUT2D eigenvalue weighted by Gasteiger charge is 2.30. The number of ketones is 1. The minimum Gasteiger partial charge on any atom is -0.369 e. The molecule has 5 nitrogen and oxygen atoms in total. The van der Waals surface area contributed by atoms with Crippen LogP contribution in [0.4, 0.5) is 0 Å². The first-order valence-corrected chi connectivity index (χ1v) is 7.11. The van der Waals surface area contributed by atoms with Crippen LogP contribution in [0.25, 0.3) is 0 Å². The third-order valence-corrected chi connectivity index (χ3v) is 4.21.